The number of nitrogens with zero attached hydrogens (tertiary/aromatic N) is 3. The Hall–Kier alpha value is -2.42. The smallest absolute Gasteiger partial charge is 0.326 e. The number of amides is 2. The van der Waals surface area contributed by atoms with Gasteiger partial charge in [0.15, 0.2) is 0 Å². The summed E-state index contributed by atoms with van der Waals surface area (Å²) < 4.78 is 4.97. The molecule has 2 rings (SSSR count). The number of rotatable bonds is 3. The number of aliphatic hydroxyl groups is 1. The minimum Gasteiger partial charge on any atom is -0.481 e. The van der Waals surface area contributed by atoms with Gasteiger partial charge in [-0.2, -0.15) is 4.98 Å². The third-order valence-corrected chi connectivity index (χ3v) is 3.08. The molecule has 1 aliphatic rings. The fourth-order valence-corrected chi connectivity index (χ4v) is 2.14. The van der Waals surface area contributed by atoms with Crippen molar-refractivity contribution in [1.82, 2.24) is 14.9 Å². The zero-order valence-corrected chi connectivity index (χ0v) is 11.6. The summed E-state index contributed by atoms with van der Waals surface area (Å²) in [5.41, 5.74) is 0.591. The third-order valence-electron chi connectivity index (χ3n) is 3.08. The van der Waals surface area contributed by atoms with Gasteiger partial charge in [0.25, 0.3) is 0 Å². The molecular weight excluding hydrogens is 280 g/mol. The first-order valence-corrected chi connectivity index (χ1v) is 6.29. The standard InChI is InChI=1S/C12H16N4O5/c1-6-3-9(21-2)14-11(13-6)15-12(20)16-5-7(17)4-8(16)10(18)19/h3,7-8,17H,4-5H2,1-2H3,(H,18,19)(H,13,14,15,20). The lowest BCUT2D eigenvalue weighted by Crippen LogP contribution is -2.43. The van der Waals surface area contributed by atoms with Gasteiger partial charge in [-0.1, -0.05) is 0 Å². The van der Waals surface area contributed by atoms with Gasteiger partial charge in [0.05, 0.1) is 13.2 Å². The number of urea groups is 1. The highest BCUT2D eigenvalue weighted by molar-refractivity contribution is 5.91. The first-order chi connectivity index (χ1) is 9.90. The molecule has 2 unspecified atom stereocenters. The van der Waals surface area contributed by atoms with E-state index in [1.807, 2.05) is 0 Å². The van der Waals surface area contributed by atoms with Crippen molar-refractivity contribution in [2.75, 3.05) is 19.0 Å². The maximum Gasteiger partial charge on any atom is 0.326 e. The molecule has 2 heterocycles. The number of methoxy groups -OCH3 is 1. The maximum absolute atomic E-state index is 12.1. The average molecular weight is 296 g/mol. The third kappa shape index (κ3) is 3.37. The molecular formula is C12H16N4O5. The largest absolute Gasteiger partial charge is 0.481 e. The molecule has 0 radical (unpaired) electrons. The number of hydrogen-bond donors (Lipinski definition) is 3. The van der Waals surface area contributed by atoms with E-state index in [1.54, 1.807) is 13.0 Å². The van der Waals surface area contributed by atoms with Gasteiger partial charge in [0.2, 0.25) is 11.8 Å². The van der Waals surface area contributed by atoms with Crippen LogP contribution in [0.25, 0.3) is 0 Å². The van der Waals surface area contributed by atoms with Crippen molar-refractivity contribution in [3.63, 3.8) is 0 Å². The molecule has 114 valence electrons. The SMILES string of the molecule is COc1cc(C)nc(NC(=O)N2CC(O)CC2C(=O)O)n1. The number of carboxylic acids is 1. The number of ether oxygens (including phenoxy) is 1. The summed E-state index contributed by atoms with van der Waals surface area (Å²) in [6.07, 6.45) is -0.856. The van der Waals surface area contributed by atoms with Crippen molar-refractivity contribution in [3.05, 3.63) is 11.8 Å². The van der Waals surface area contributed by atoms with Crippen LogP contribution in [0.4, 0.5) is 10.7 Å². The Morgan fingerprint density at radius 2 is 2.19 bits per heavy atom. The second-order valence-electron chi connectivity index (χ2n) is 4.70. The monoisotopic (exact) mass is 296 g/mol. The highest BCUT2D eigenvalue weighted by Crippen LogP contribution is 2.19. The van der Waals surface area contributed by atoms with E-state index >= 15 is 0 Å². The van der Waals surface area contributed by atoms with Crippen molar-refractivity contribution in [2.45, 2.75) is 25.5 Å². The molecule has 1 aliphatic heterocycles. The Bertz CT molecular complexity index is 565. The molecule has 1 aromatic heterocycles. The molecule has 0 saturated carbocycles. The van der Waals surface area contributed by atoms with Gasteiger partial charge in [0, 0.05) is 24.7 Å². The van der Waals surface area contributed by atoms with Crippen LogP contribution in [0.1, 0.15) is 12.1 Å². The van der Waals surface area contributed by atoms with E-state index in [4.69, 9.17) is 9.84 Å². The van der Waals surface area contributed by atoms with Crippen LogP contribution in [0.2, 0.25) is 0 Å². The second kappa shape index (κ2) is 5.92. The zero-order valence-electron chi connectivity index (χ0n) is 11.6. The van der Waals surface area contributed by atoms with Crippen molar-refractivity contribution >= 4 is 17.9 Å². The zero-order chi connectivity index (χ0) is 15.6. The number of carboxylic acid groups (broad SMARTS) is 1. The summed E-state index contributed by atoms with van der Waals surface area (Å²) >= 11 is 0. The normalized spacial score (nSPS) is 21.2. The van der Waals surface area contributed by atoms with Crippen LogP contribution >= 0.6 is 0 Å². The van der Waals surface area contributed by atoms with Gasteiger partial charge < -0.3 is 19.8 Å². The molecule has 9 heteroatoms. The Labute approximate surface area is 120 Å². The quantitative estimate of drug-likeness (QED) is 0.708. The number of aliphatic carboxylic acids is 1. The van der Waals surface area contributed by atoms with Gasteiger partial charge in [-0.05, 0) is 6.92 Å². The number of β-amino-alcohol motifs (C(OH)–C–C–N with tert-alkyl or cyclic N) is 1. The molecule has 1 saturated heterocycles. The van der Waals surface area contributed by atoms with Gasteiger partial charge >= 0.3 is 12.0 Å². The Kier molecular flexibility index (Phi) is 4.22. The lowest BCUT2D eigenvalue weighted by molar-refractivity contribution is -0.141. The number of aromatic nitrogens is 2. The number of aryl methyl sites for hydroxylation is 1. The van der Waals surface area contributed by atoms with E-state index in [-0.39, 0.29) is 24.8 Å². The van der Waals surface area contributed by atoms with Crippen molar-refractivity contribution in [2.24, 2.45) is 0 Å². The van der Waals surface area contributed by atoms with Crippen LogP contribution in [0.5, 0.6) is 5.88 Å². The first-order valence-electron chi connectivity index (χ1n) is 6.29. The summed E-state index contributed by atoms with van der Waals surface area (Å²) in [6, 6.07) is -0.145. The van der Waals surface area contributed by atoms with Crippen LogP contribution in [0.15, 0.2) is 6.07 Å². The lowest BCUT2D eigenvalue weighted by Gasteiger charge is -2.21. The van der Waals surface area contributed by atoms with Crippen LogP contribution < -0.4 is 10.1 Å². The van der Waals surface area contributed by atoms with E-state index in [0.717, 1.165) is 4.90 Å². The molecule has 0 aliphatic carbocycles. The van der Waals surface area contributed by atoms with Crippen molar-refractivity contribution < 1.29 is 24.5 Å². The molecule has 1 fully saturated rings. The predicted molar refractivity (Wildman–Crippen MR) is 71.1 cm³/mol. The molecule has 0 aromatic carbocycles. The molecule has 3 N–H and O–H groups in total. The Balaban J connectivity index is 2.14. The second-order valence-corrected chi connectivity index (χ2v) is 4.70. The molecule has 1 aromatic rings. The van der Waals surface area contributed by atoms with Gasteiger partial charge in [0.1, 0.15) is 6.04 Å². The fourth-order valence-electron chi connectivity index (χ4n) is 2.14. The topological polar surface area (TPSA) is 125 Å². The summed E-state index contributed by atoms with van der Waals surface area (Å²) in [5, 5.41) is 21.0. The van der Waals surface area contributed by atoms with E-state index in [1.165, 1.54) is 7.11 Å². The van der Waals surface area contributed by atoms with E-state index in [2.05, 4.69) is 15.3 Å². The minimum atomic E-state index is -1.16. The summed E-state index contributed by atoms with van der Waals surface area (Å²) in [7, 11) is 1.44. The van der Waals surface area contributed by atoms with Gasteiger partial charge in [-0.25, -0.2) is 14.6 Å². The number of likely N-dealkylation sites (tertiary alicyclic amines) is 1. The van der Waals surface area contributed by atoms with Crippen LogP contribution in [-0.4, -0.2) is 62.9 Å². The van der Waals surface area contributed by atoms with E-state index < -0.39 is 24.1 Å². The van der Waals surface area contributed by atoms with E-state index in [9.17, 15) is 14.7 Å². The fraction of sp³-hybridized carbons (Fsp3) is 0.500. The number of carbonyl (C=O) groups is 2. The number of nitrogens with one attached hydrogen (secondary N) is 1. The minimum absolute atomic E-state index is 0.000743. The molecule has 9 nitrogen and oxygen atoms in total. The summed E-state index contributed by atoms with van der Waals surface area (Å²) in [6.45, 7) is 1.66. The lowest BCUT2D eigenvalue weighted by atomic mass is 10.2. The predicted octanol–water partition coefficient (Wildman–Crippen LogP) is -0.155. The van der Waals surface area contributed by atoms with Crippen LogP contribution in [-0.2, 0) is 4.79 Å². The number of carbonyl (C=O) groups excluding carboxylic acids is 1. The molecule has 0 bridgehead atoms. The van der Waals surface area contributed by atoms with Gasteiger partial charge in [-0.3, -0.25) is 5.32 Å². The number of aliphatic hydroxyl groups excluding tert-OH is 1. The van der Waals surface area contributed by atoms with Crippen molar-refractivity contribution in [3.8, 4) is 5.88 Å². The van der Waals surface area contributed by atoms with Crippen LogP contribution in [0.3, 0.4) is 0 Å². The average Bonchev–Trinajstić information content (AvgIpc) is 2.80. The highest BCUT2D eigenvalue weighted by atomic mass is 16.5. The molecule has 2 amide bonds. The highest BCUT2D eigenvalue weighted by Gasteiger charge is 2.39. The summed E-state index contributed by atoms with van der Waals surface area (Å²) in [4.78, 5) is 32.2. The molecule has 2 atom stereocenters. The molecule has 0 spiro atoms. The van der Waals surface area contributed by atoms with Crippen LogP contribution in [0, 0.1) is 6.92 Å². The Morgan fingerprint density at radius 3 is 2.81 bits per heavy atom. The first kappa shape index (κ1) is 15.0. The summed E-state index contributed by atoms with van der Waals surface area (Å²) in [5.74, 6) is -0.860. The van der Waals surface area contributed by atoms with Gasteiger partial charge in [-0.15, -0.1) is 0 Å². The van der Waals surface area contributed by atoms with E-state index in [0.29, 0.717) is 5.69 Å². The van der Waals surface area contributed by atoms with Crippen molar-refractivity contribution in [1.29, 1.82) is 0 Å². The number of anilines is 1. The number of hydrogen-bond acceptors (Lipinski definition) is 6. The Morgan fingerprint density at radius 1 is 1.48 bits per heavy atom. The maximum atomic E-state index is 12.1. The molecule has 21 heavy (non-hydrogen) atoms.